The Balaban J connectivity index is -0.000000702. The molecule has 3 amide bonds. The summed E-state index contributed by atoms with van der Waals surface area (Å²) in [6.07, 6.45) is 41.9. The predicted molar refractivity (Wildman–Crippen MR) is 226 cm³/mol. The van der Waals surface area contributed by atoms with Gasteiger partial charge in [0.1, 0.15) is 0 Å². The number of rotatable bonds is 39. The Morgan fingerprint density at radius 2 is 0.673 bits per heavy atom. The van der Waals surface area contributed by atoms with E-state index in [1.54, 1.807) is 0 Å². The molecule has 0 heterocycles. The van der Waals surface area contributed by atoms with Gasteiger partial charge in [-0.2, -0.15) is 0 Å². The summed E-state index contributed by atoms with van der Waals surface area (Å²) in [5.74, 6) is -0.390. The number of carbonyl (C=O) groups excluding carboxylic acids is 3. The molecule has 0 aliphatic carbocycles. The average Bonchev–Trinajstić information content (AvgIpc) is 3.13. The van der Waals surface area contributed by atoms with E-state index in [4.69, 9.17) is 22.9 Å². The van der Waals surface area contributed by atoms with Gasteiger partial charge in [0.15, 0.2) is 0 Å². The summed E-state index contributed by atoms with van der Waals surface area (Å²) in [5.41, 5.74) is 20.7. The number of primary amides is 2. The van der Waals surface area contributed by atoms with E-state index in [1.165, 1.54) is 167 Å². The van der Waals surface area contributed by atoms with E-state index in [2.05, 4.69) is 24.5 Å². The van der Waals surface area contributed by atoms with Crippen molar-refractivity contribution >= 4 is 17.7 Å². The molecule has 52 heavy (non-hydrogen) atoms. The number of hydrogen-bond donors (Lipinski definition) is 6. The van der Waals surface area contributed by atoms with Gasteiger partial charge in [0.2, 0.25) is 17.7 Å². The van der Waals surface area contributed by atoms with E-state index >= 15 is 0 Å². The van der Waals surface area contributed by atoms with Crippen molar-refractivity contribution in [3.63, 3.8) is 0 Å². The minimum atomic E-state index is -0.154. The topological polar surface area (TPSA) is 179 Å². The maximum absolute atomic E-state index is 10.7. The number of carbonyl (C=O) groups is 3. The summed E-state index contributed by atoms with van der Waals surface area (Å²) in [6, 6.07) is 0. The van der Waals surface area contributed by atoms with Crippen molar-refractivity contribution in [3.05, 3.63) is 0 Å². The van der Waals surface area contributed by atoms with Gasteiger partial charge >= 0.3 is 0 Å². The highest BCUT2D eigenvalue weighted by Gasteiger charge is 1.98. The highest BCUT2D eigenvalue weighted by atomic mass is 16.2. The van der Waals surface area contributed by atoms with Gasteiger partial charge in [-0.25, -0.2) is 0 Å². The quantitative estimate of drug-likeness (QED) is 0.0342. The van der Waals surface area contributed by atoms with Crippen LogP contribution in [0.2, 0.25) is 0 Å². The van der Waals surface area contributed by atoms with E-state index in [9.17, 15) is 14.4 Å². The largest absolute Gasteiger partial charge is 0.370 e. The highest BCUT2D eigenvalue weighted by Crippen LogP contribution is 2.14. The van der Waals surface area contributed by atoms with Crippen LogP contribution in [0, 0.1) is 0 Å². The first-order valence-electron chi connectivity index (χ1n) is 22.3. The van der Waals surface area contributed by atoms with Crippen molar-refractivity contribution in [2.24, 2.45) is 22.9 Å². The van der Waals surface area contributed by atoms with Gasteiger partial charge in [0.25, 0.3) is 0 Å². The molecule has 0 radical (unpaired) electrons. The Morgan fingerprint density at radius 3 is 0.962 bits per heavy atom. The molecule has 9 heteroatoms. The molecule has 0 fully saturated rings. The van der Waals surface area contributed by atoms with Crippen molar-refractivity contribution in [1.82, 2.24) is 10.6 Å². The minimum absolute atomic E-state index is 0.0781. The van der Waals surface area contributed by atoms with Crippen LogP contribution in [0.5, 0.6) is 0 Å². The van der Waals surface area contributed by atoms with Crippen molar-refractivity contribution < 1.29 is 14.4 Å². The number of amides is 3. The molecule has 0 saturated heterocycles. The van der Waals surface area contributed by atoms with Crippen molar-refractivity contribution in [1.29, 1.82) is 0 Å². The molecule has 0 unspecified atom stereocenters. The number of nitrogens with two attached hydrogens (primary N) is 4. The van der Waals surface area contributed by atoms with Gasteiger partial charge in [0, 0.05) is 19.4 Å². The molecule has 0 rings (SSSR count). The van der Waals surface area contributed by atoms with Crippen LogP contribution in [0.25, 0.3) is 0 Å². The lowest BCUT2D eigenvalue weighted by Crippen LogP contribution is -2.31. The van der Waals surface area contributed by atoms with Crippen molar-refractivity contribution in [2.75, 3.05) is 32.7 Å². The molecule has 0 atom stereocenters. The zero-order chi connectivity index (χ0) is 39.0. The maximum Gasteiger partial charge on any atom is 0.233 e. The van der Waals surface area contributed by atoms with Crippen LogP contribution in [0.4, 0.5) is 0 Å². The average molecular weight is 741 g/mol. The molecular formula is C43H92N6O3. The van der Waals surface area contributed by atoms with E-state index < -0.39 is 0 Å². The van der Waals surface area contributed by atoms with Gasteiger partial charge in [-0.3, -0.25) is 14.4 Å². The summed E-state index contributed by atoms with van der Waals surface area (Å²) in [7, 11) is 0. The summed E-state index contributed by atoms with van der Waals surface area (Å²) in [5, 5.41) is 5.99. The molecule has 312 valence electrons. The summed E-state index contributed by atoms with van der Waals surface area (Å²) in [4.78, 5) is 31.8. The fraction of sp³-hybridized carbons (Fsp3) is 0.930. The van der Waals surface area contributed by atoms with Gasteiger partial charge in [-0.1, -0.05) is 181 Å². The van der Waals surface area contributed by atoms with Gasteiger partial charge in [-0.15, -0.1) is 0 Å². The van der Waals surface area contributed by atoms with Gasteiger partial charge < -0.3 is 33.6 Å². The van der Waals surface area contributed by atoms with Crippen molar-refractivity contribution in [3.8, 4) is 0 Å². The molecule has 0 aliphatic rings. The lowest BCUT2D eigenvalue weighted by molar-refractivity contribution is -0.120. The molecule has 0 aromatic rings. The minimum Gasteiger partial charge on any atom is -0.370 e. The molecule has 0 saturated carbocycles. The Bertz CT molecular complexity index is 668. The van der Waals surface area contributed by atoms with Crippen LogP contribution in [0.1, 0.15) is 226 Å². The van der Waals surface area contributed by atoms with E-state index in [-0.39, 0.29) is 24.3 Å². The van der Waals surface area contributed by atoms with Crippen LogP contribution in [-0.2, 0) is 14.4 Å². The maximum atomic E-state index is 10.7. The Labute approximate surface area is 323 Å². The molecule has 0 aromatic carbocycles. The monoisotopic (exact) mass is 741 g/mol. The first-order valence-corrected chi connectivity index (χ1v) is 22.3. The third kappa shape index (κ3) is 60.4. The molecular weight excluding hydrogens is 649 g/mol. The second kappa shape index (κ2) is 51.4. The summed E-state index contributed by atoms with van der Waals surface area (Å²) < 4.78 is 0. The smallest absolute Gasteiger partial charge is 0.233 e. The van der Waals surface area contributed by atoms with Crippen LogP contribution in [-0.4, -0.2) is 50.4 Å². The molecule has 9 nitrogen and oxygen atoms in total. The van der Waals surface area contributed by atoms with E-state index in [1.807, 2.05) is 0 Å². The van der Waals surface area contributed by atoms with Crippen LogP contribution in [0.15, 0.2) is 0 Å². The molecule has 0 spiro atoms. The molecule has 0 bridgehead atoms. The number of hydrogen-bond acceptors (Lipinski definition) is 6. The second-order valence-electron chi connectivity index (χ2n) is 14.8. The van der Waals surface area contributed by atoms with Crippen LogP contribution >= 0.6 is 0 Å². The summed E-state index contributed by atoms with van der Waals surface area (Å²) in [6.45, 7) is 8.04. The first kappa shape index (κ1) is 54.6. The number of unbranched alkanes of at least 4 members (excludes halogenated alkanes) is 27. The van der Waals surface area contributed by atoms with Crippen LogP contribution in [0.3, 0.4) is 0 Å². The first-order chi connectivity index (χ1) is 25.3. The van der Waals surface area contributed by atoms with Gasteiger partial charge in [-0.05, 0) is 51.7 Å². The lowest BCUT2D eigenvalue weighted by atomic mass is 10.0. The fourth-order valence-corrected chi connectivity index (χ4v) is 6.01. The Hall–Kier alpha value is -1.71. The molecule has 0 aromatic heterocycles. The van der Waals surface area contributed by atoms with Gasteiger partial charge in [0.05, 0.1) is 6.54 Å². The van der Waals surface area contributed by atoms with E-state index in [0.717, 1.165) is 51.7 Å². The third-order valence-electron chi connectivity index (χ3n) is 9.40. The SMILES string of the molecule is CCCCCCCCCCCCCCCCC(N)=O.CCCCCCCCCCCCCCCCC(N)=O.NCCCNCCCCNC(=O)CN. The Kier molecular flexibility index (Phi) is 54.0. The van der Waals surface area contributed by atoms with Crippen molar-refractivity contribution in [2.45, 2.75) is 226 Å². The molecule has 0 aliphatic heterocycles. The lowest BCUT2D eigenvalue weighted by Gasteiger charge is -2.04. The normalized spacial score (nSPS) is 10.6. The van der Waals surface area contributed by atoms with E-state index in [0.29, 0.717) is 19.4 Å². The Morgan fingerprint density at radius 1 is 0.385 bits per heavy atom. The second-order valence-corrected chi connectivity index (χ2v) is 14.8. The summed E-state index contributed by atoms with van der Waals surface area (Å²) >= 11 is 0. The van der Waals surface area contributed by atoms with Crippen LogP contribution < -0.4 is 33.6 Å². The standard InChI is InChI=1S/2C17H35NO.C9H22N4O/c2*1-2-3-4-5-6-7-8-9-10-11-12-13-14-15-16-17(18)19;10-4-3-6-12-5-1-2-7-13-9(14)8-11/h2*2-16H2,1H3,(H2,18,19);12H,1-8,10-11H2,(H,13,14). The molecule has 10 N–H and O–H groups in total. The predicted octanol–water partition coefficient (Wildman–Crippen LogP) is 9.47. The zero-order valence-corrected chi connectivity index (χ0v) is 34.9. The highest BCUT2D eigenvalue weighted by molar-refractivity contribution is 5.77. The number of nitrogens with one attached hydrogen (secondary N) is 2. The third-order valence-corrected chi connectivity index (χ3v) is 9.40. The fourth-order valence-electron chi connectivity index (χ4n) is 6.01. The zero-order valence-electron chi connectivity index (χ0n) is 34.9.